The quantitative estimate of drug-likeness (QED) is 0.599. The molecule has 0 aliphatic heterocycles. The summed E-state index contributed by atoms with van der Waals surface area (Å²) in [5, 5.41) is 0. The van der Waals surface area contributed by atoms with Crippen LogP contribution < -0.4 is 0 Å². The zero-order valence-corrected chi connectivity index (χ0v) is 6.38. The second-order valence-electron chi connectivity index (χ2n) is 0.378. The van der Waals surface area contributed by atoms with E-state index < -0.39 is 6.70 Å². The van der Waals surface area contributed by atoms with E-state index in [2.05, 4.69) is 29.6 Å². The van der Waals surface area contributed by atoms with Crippen LogP contribution in [0.4, 0.5) is 4.70 Å². The van der Waals surface area contributed by atoms with E-state index in [0.717, 1.165) is 0 Å². The summed E-state index contributed by atoms with van der Waals surface area (Å²) in [4.78, 5) is 0. The van der Waals surface area contributed by atoms with E-state index in [9.17, 15) is 8.42 Å². The molecule has 0 saturated heterocycles. The fourth-order valence-corrected chi connectivity index (χ4v) is 0. The van der Waals surface area contributed by atoms with Crippen LogP contribution in [-0.4, -0.2) is 8.42 Å². The zero-order valence-electron chi connectivity index (χ0n) is 2.39. The molecule has 6 heteroatoms. The molecule has 0 aliphatic carbocycles. The Kier molecular flexibility index (Phi) is 4.85. The molecule has 40 valence electrons. The Morgan fingerprint density at radius 2 is 1.17 bits per heavy atom. The van der Waals surface area contributed by atoms with Crippen molar-refractivity contribution >= 4 is 36.3 Å². The molecule has 6 heavy (non-hydrogen) atoms. The number of hydrogen-bond acceptors (Lipinski definition) is 2. The summed E-state index contributed by atoms with van der Waals surface area (Å²) >= 11 is 4.53. The van der Waals surface area contributed by atoms with Crippen LogP contribution in [-0.2, 0) is 6.70 Å². The van der Waals surface area contributed by atoms with E-state index in [1.54, 1.807) is 0 Å². The third-order valence-electron chi connectivity index (χ3n) is 0. The van der Waals surface area contributed by atoms with Crippen molar-refractivity contribution in [3.63, 3.8) is 0 Å². The van der Waals surface area contributed by atoms with Gasteiger partial charge >= 0.3 is 0 Å². The lowest BCUT2D eigenvalue weighted by Gasteiger charge is -1.62. The van der Waals surface area contributed by atoms with Crippen molar-refractivity contribution in [2.45, 2.75) is 0 Å². The first-order chi connectivity index (χ1) is 2.00. The van der Waals surface area contributed by atoms with Crippen molar-refractivity contribution in [1.29, 1.82) is 0 Å². The van der Waals surface area contributed by atoms with Crippen LogP contribution in [0.3, 0.4) is 0 Å². The van der Waals surface area contributed by atoms with Gasteiger partial charge in [0.05, 0.1) is 29.6 Å². The Bertz CT molecular complexity index is 94.7. The van der Waals surface area contributed by atoms with Crippen molar-refractivity contribution < 1.29 is 13.1 Å². The molecule has 0 radical (unpaired) electrons. The van der Waals surface area contributed by atoms with E-state index in [0.29, 0.717) is 0 Å². The van der Waals surface area contributed by atoms with Gasteiger partial charge in [-0.15, -0.1) is 0 Å². The summed E-state index contributed by atoms with van der Waals surface area (Å²) in [7, 11) is 0. The highest BCUT2D eigenvalue weighted by molar-refractivity contribution is 9.79. The summed E-state index contributed by atoms with van der Waals surface area (Å²) in [6.45, 7) is -3.04. The fraction of sp³-hybridized carbons (Fsp3) is 0. The first kappa shape index (κ1) is 9.96. The van der Waals surface area contributed by atoms with Crippen LogP contribution in [0.1, 0.15) is 0 Å². The van der Waals surface area contributed by atoms with E-state index in [4.69, 9.17) is 0 Å². The van der Waals surface area contributed by atoms with Crippen LogP contribution >= 0.6 is 29.6 Å². The summed E-state index contributed by atoms with van der Waals surface area (Å²) in [5.74, 6) is 0. The summed E-state index contributed by atoms with van der Waals surface area (Å²) in [6.07, 6.45) is 0. The highest BCUT2D eigenvalue weighted by Gasteiger charge is 1.87. The predicted molar refractivity (Wildman–Crippen MR) is 29.3 cm³/mol. The Labute approximate surface area is 49.6 Å². The Morgan fingerprint density at radius 3 is 1.17 bits per heavy atom. The molecule has 0 spiro atoms. The molecule has 0 N–H and O–H groups in total. The van der Waals surface area contributed by atoms with Crippen molar-refractivity contribution in [3.05, 3.63) is 0 Å². The van der Waals surface area contributed by atoms with Crippen LogP contribution in [0.25, 0.3) is 0 Å². The Morgan fingerprint density at radius 1 is 1.17 bits per heavy atom. The third-order valence-corrected chi connectivity index (χ3v) is 0. The molecule has 0 unspecified atom stereocenters. The first-order valence-electron chi connectivity index (χ1n) is 0.642. The highest BCUT2D eigenvalue weighted by Crippen LogP contribution is 2.06. The maximum Gasteiger partial charge on any atom is 0.268 e. The van der Waals surface area contributed by atoms with Gasteiger partial charge in [-0.3, -0.25) is 4.70 Å². The van der Waals surface area contributed by atoms with Crippen LogP contribution in [0.15, 0.2) is 0 Å². The van der Waals surface area contributed by atoms with Gasteiger partial charge < -0.3 is 0 Å². The second kappa shape index (κ2) is 2.92. The van der Waals surface area contributed by atoms with Gasteiger partial charge in [-0.1, -0.05) is 0 Å². The molecular weight excluding hydrogens is 243 g/mol. The molecule has 0 heterocycles. The second-order valence-corrected chi connectivity index (χ2v) is 8.86. The predicted octanol–water partition coefficient (Wildman–Crippen LogP) is 1.17. The molecule has 0 rings (SSSR count). The number of halogens is 3. The highest BCUT2D eigenvalue weighted by atomic mass is 79.9. The molecule has 0 bridgehead atoms. The summed E-state index contributed by atoms with van der Waals surface area (Å²) in [6, 6.07) is 0. The molecule has 0 aliphatic rings. The minimum Gasteiger partial charge on any atom is -0.269 e. The maximum absolute atomic E-state index is 9.47. The molecule has 0 aromatic rings. The largest absolute Gasteiger partial charge is 0.269 e. The zero-order chi connectivity index (χ0) is 4.50. The van der Waals surface area contributed by atoms with Crippen LogP contribution in [0.2, 0.25) is 0 Å². The van der Waals surface area contributed by atoms with Gasteiger partial charge in [-0.25, -0.2) is 8.42 Å². The van der Waals surface area contributed by atoms with Gasteiger partial charge in [0.2, 0.25) is 0 Å². The maximum atomic E-state index is 9.47. The normalized spacial score (nSPS) is 9.67. The van der Waals surface area contributed by atoms with E-state index in [1.807, 2.05) is 0 Å². The molecule has 0 aromatic carbocycles. The van der Waals surface area contributed by atoms with E-state index in [1.165, 1.54) is 0 Å². The molecule has 0 saturated carbocycles. The van der Waals surface area contributed by atoms with E-state index in [-0.39, 0.29) is 4.70 Å². The average Bonchev–Trinajstić information content (AvgIpc) is 0.722. The standard InChI is InChI=1S/Br2O2S.FH/c1-5(2,3)4;/h;1H. The summed E-state index contributed by atoms with van der Waals surface area (Å²) < 4.78 is 18.9. The van der Waals surface area contributed by atoms with E-state index >= 15 is 0 Å². The number of hydrogen-bond donors (Lipinski definition) is 0. The van der Waals surface area contributed by atoms with Gasteiger partial charge in [0.25, 0.3) is 6.70 Å². The smallest absolute Gasteiger partial charge is 0.268 e. The number of rotatable bonds is 0. The lowest BCUT2D eigenvalue weighted by Crippen LogP contribution is -1.60. The van der Waals surface area contributed by atoms with Crippen molar-refractivity contribution in [1.82, 2.24) is 0 Å². The molecule has 0 fully saturated rings. The Hall–Kier alpha value is 0.840. The van der Waals surface area contributed by atoms with Gasteiger partial charge in [-0.2, -0.15) is 0 Å². The lowest BCUT2D eigenvalue weighted by molar-refractivity contribution is 0.625. The van der Waals surface area contributed by atoms with Crippen LogP contribution in [0, 0.1) is 0 Å². The van der Waals surface area contributed by atoms with Gasteiger partial charge in [0.1, 0.15) is 0 Å². The van der Waals surface area contributed by atoms with Gasteiger partial charge in [-0.05, 0) is 0 Å². The monoisotopic (exact) mass is 242 g/mol. The molecule has 2 nitrogen and oxygen atoms in total. The van der Waals surface area contributed by atoms with Gasteiger partial charge in [0.15, 0.2) is 0 Å². The van der Waals surface area contributed by atoms with Crippen molar-refractivity contribution in [3.8, 4) is 0 Å². The summed E-state index contributed by atoms with van der Waals surface area (Å²) in [5.41, 5.74) is 0. The average molecular weight is 244 g/mol. The van der Waals surface area contributed by atoms with Crippen molar-refractivity contribution in [2.24, 2.45) is 0 Å². The molecular formula is HBr2FO2S. The third kappa shape index (κ3) is 101. The lowest BCUT2D eigenvalue weighted by atomic mass is 15.9. The Balaban J connectivity index is 0. The SMILES string of the molecule is F.O=S(=O)(Br)Br. The minimum atomic E-state index is -3.04. The molecule has 0 amide bonds. The van der Waals surface area contributed by atoms with Crippen molar-refractivity contribution in [2.75, 3.05) is 0 Å². The molecule has 0 atom stereocenters. The van der Waals surface area contributed by atoms with Crippen LogP contribution in [0.5, 0.6) is 0 Å². The van der Waals surface area contributed by atoms with Gasteiger partial charge in [0, 0.05) is 0 Å². The fourth-order valence-electron chi connectivity index (χ4n) is 0. The molecule has 0 aromatic heterocycles. The topological polar surface area (TPSA) is 34.1 Å². The first-order valence-corrected chi connectivity index (χ1v) is 5.81. The minimum absolute atomic E-state index is 0.